The average molecular weight is 297 g/mol. The van der Waals surface area contributed by atoms with Gasteiger partial charge in [-0.2, -0.15) is 0 Å². The van der Waals surface area contributed by atoms with Crippen molar-refractivity contribution in [1.29, 1.82) is 0 Å². The zero-order valence-electron chi connectivity index (χ0n) is 12.5. The van der Waals surface area contributed by atoms with Crippen LogP contribution in [0.5, 0.6) is 5.75 Å². The van der Waals surface area contributed by atoms with Gasteiger partial charge in [0, 0.05) is 17.1 Å². The van der Waals surface area contributed by atoms with E-state index in [1.54, 1.807) is 7.11 Å². The van der Waals surface area contributed by atoms with Gasteiger partial charge in [-0.15, -0.1) is 0 Å². The molecule has 0 spiro atoms. The van der Waals surface area contributed by atoms with Crippen LogP contribution >= 0.6 is 11.6 Å². The maximum absolute atomic E-state index is 6.09. The summed E-state index contributed by atoms with van der Waals surface area (Å²) in [6.45, 7) is 4.41. The molecule has 0 aromatic heterocycles. The van der Waals surface area contributed by atoms with Gasteiger partial charge in [0.25, 0.3) is 0 Å². The number of nitrogens with one attached hydrogen (secondary N) is 1. The molecule has 0 amide bonds. The van der Waals surface area contributed by atoms with Crippen LogP contribution in [0.1, 0.15) is 24.8 Å². The van der Waals surface area contributed by atoms with Gasteiger partial charge < -0.3 is 10.1 Å². The molecule has 4 heteroatoms. The lowest BCUT2D eigenvalue weighted by Crippen LogP contribution is -2.34. The zero-order chi connectivity index (χ0) is 14.4. The summed E-state index contributed by atoms with van der Waals surface area (Å²) in [5, 5.41) is 4.02. The molecule has 0 saturated carbocycles. The Balaban J connectivity index is 1.87. The van der Waals surface area contributed by atoms with Gasteiger partial charge in [-0.25, -0.2) is 0 Å². The number of rotatable bonds is 6. The van der Waals surface area contributed by atoms with Gasteiger partial charge in [-0.1, -0.05) is 11.6 Å². The van der Waals surface area contributed by atoms with E-state index >= 15 is 0 Å². The topological polar surface area (TPSA) is 24.5 Å². The molecule has 1 aliphatic heterocycles. The number of hydrogen-bond acceptors (Lipinski definition) is 3. The van der Waals surface area contributed by atoms with Gasteiger partial charge in [-0.3, -0.25) is 4.90 Å². The molecular formula is C16H25ClN2O. The Hall–Kier alpha value is -0.770. The van der Waals surface area contributed by atoms with Crippen LogP contribution in [-0.2, 0) is 6.54 Å². The first-order valence-electron chi connectivity index (χ1n) is 7.42. The molecular weight excluding hydrogens is 272 g/mol. The van der Waals surface area contributed by atoms with Crippen molar-refractivity contribution in [2.45, 2.75) is 25.8 Å². The molecule has 2 rings (SSSR count). The van der Waals surface area contributed by atoms with Crippen molar-refractivity contribution in [2.75, 3.05) is 33.8 Å². The predicted molar refractivity (Wildman–Crippen MR) is 84.5 cm³/mol. The van der Waals surface area contributed by atoms with E-state index in [2.05, 4.69) is 10.2 Å². The largest absolute Gasteiger partial charge is 0.496 e. The Bertz CT molecular complexity index is 417. The fourth-order valence-electron chi connectivity index (χ4n) is 2.89. The Labute approximate surface area is 127 Å². The second-order valence-corrected chi connectivity index (χ2v) is 6.00. The van der Waals surface area contributed by atoms with Crippen LogP contribution in [0.4, 0.5) is 0 Å². The Kier molecular flexibility index (Phi) is 6.14. The molecule has 0 aliphatic carbocycles. The number of likely N-dealkylation sites (tertiary alicyclic amines) is 1. The third kappa shape index (κ3) is 4.37. The SMILES string of the molecule is CNCCC1CCN(Cc2cc(Cl)ccc2OC)CC1. The Morgan fingerprint density at radius 1 is 1.35 bits per heavy atom. The maximum atomic E-state index is 6.09. The molecule has 1 saturated heterocycles. The molecule has 112 valence electrons. The first kappa shape index (κ1) is 15.6. The van der Waals surface area contributed by atoms with E-state index in [-0.39, 0.29) is 0 Å². The molecule has 0 radical (unpaired) electrons. The van der Waals surface area contributed by atoms with Crippen LogP contribution in [-0.4, -0.2) is 38.7 Å². The fraction of sp³-hybridized carbons (Fsp3) is 0.625. The number of hydrogen-bond donors (Lipinski definition) is 1. The van der Waals surface area contributed by atoms with Crippen molar-refractivity contribution in [3.05, 3.63) is 28.8 Å². The van der Waals surface area contributed by atoms with Crippen LogP contribution in [0, 0.1) is 5.92 Å². The van der Waals surface area contributed by atoms with E-state index in [0.29, 0.717) is 0 Å². The smallest absolute Gasteiger partial charge is 0.123 e. The van der Waals surface area contributed by atoms with Crippen molar-refractivity contribution in [2.24, 2.45) is 5.92 Å². The number of nitrogens with zero attached hydrogens (tertiary/aromatic N) is 1. The van der Waals surface area contributed by atoms with Crippen LogP contribution in [0.3, 0.4) is 0 Å². The summed E-state index contributed by atoms with van der Waals surface area (Å²) in [6.07, 6.45) is 3.89. The summed E-state index contributed by atoms with van der Waals surface area (Å²) < 4.78 is 5.42. The Morgan fingerprint density at radius 2 is 2.10 bits per heavy atom. The summed E-state index contributed by atoms with van der Waals surface area (Å²) in [5.74, 6) is 1.81. The summed E-state index contributed by atoms with van der Waals surface area (Å²) in [6, 6.07) is 5.86. The minimum absolute atomic E-state index is 0.782. The molecule has 1 aromatic carbocycles. The second kappa shape index (κ2) is 7.87. The molecule has 0 bridgehead atoms. The Morgan fingerprint density at radius 3 is 2.75 bits per heavy atom. The van der Waals surface area contributed by atoms with E-state index in [1.807, 2.05) is 25.2 Å². The van der Waals surface area contributed by atoms with E-state index in [1.165, 1.54) is 37.9 Å². The fourth-order valence-corrected chi connectivity index (χ4v) is 3.09. The third-order valence-electron chi connectivity index (χ3n) is 4.15. The first-order valence-corrected chi connectivity index (χ1v) is 7.80. The zero-order valence-corrected chi connectivity index (χ0v) is 13.2. The lowest BCUT2D eigenvalue weighted by atomic mass is 9.93. The normalized spacial score (nSPS) is 17.4. The van der Waals surface area contributed by atoms with Gasteiger partial charge >= 0.3 is 0 Å². The highest BCUT2D eigenvalue weighted by Crippen LogP contribution is 2.27. The van der Waals surface area contributed by atoms with Crippen molar-refractivity contribution >= 4 is 11.6 Å². The molecule has 1 aromatic rings. The minimum Gasteiger partial charge on any atom is -0.496 e. The van der Waals surface area contributed by atoms with Gasteiger partial charge in [0.1, 0.15) is 5.75 Å². The molecule has 3 nitrogen and oxygen atoms in total. The van der Waals surface area contributed by atoms with Crippen molar-refractivity contribution < 1.29 is 4.74 Å². The molecule has 0 unspecified atom stereocenters. The van der Waals surface area contributed by atoms with E-state index < -0.39 is 0 Å². The average Bonchev–Trinajstić information content (AvgIpc) is 2.47. The maximum Gasteiger partial charge on any atom is 0.123 e. The molecule has 0 atom stereocenters. The van der Waals surface area contributed by atoms with E-state index in [0.717, 1.165) is 29.8 Å². The number of ether oxygens (including phenoxy) is 1. The van der Waals surface area contributed by atoms with Crippen molar-refractivity contribution in [3.63, 3.8) is 0 Å². The van der Waals surface area contributed by atoms with Crippen LogP contribution in [0.2, 0.25) is 5.02 Å². The van der Waals surface area contributed by atoms with Crippen molar-refractivity contribution in [3.8, 4) is 5.75 Å². The lowest BCUT2D eigenvalue weighted by Gasteiger charge is -2.32. The molecule has 1 aliphatic rings. The molecule has 1 N–H and O–H groups in total. The first-order chi connectivity index (χ1) is 9.72. The number of methoxy groups -OCH3 is 1. The van der Waals surface area contributed by atoms with Crippen LogP contribution in [0.15, 0.2) is 18.2 Å². The highest BCUT2D eigenvalue weighted by atomic mass is 35.5. The molecule has 1 heterocycles. The van der Waals surface area contributed by atoms with Gasteiger partial charge in [0.05, 0.1) is 7.11 Å². The summed E-state index contributed by atoms with van der Waals surface area (Å²) >= 11 is 6.09. The highest BCUT2D eigenvalue weighted by molar-refractivity contribution is 6.30. The number of benzene rings is 1. The summed E-state index contributed by atoms with van der Waals surface area (Å²) in [7, 11) is 3.75. The molecule has 20 heavy (non-hydrogen) atoms. The van der Waals surface area contributed by atoms with Gasteiger partial charge in [-0.05, 0) is 70.1 Å². The standard InChI is InChI=1S/C16H25ClN2O/c1-18-8-5-13-6-9-19(10-7-13)12-14-11-15(17)3-4-16(14)20-2/h3-4,11,13,18H,5-10,12H2,1-2H3. The number of piperidine rings is 1. The monoisotopic (exact) mass is 296 g/mol. The van der Waals surface area contributed by atoms with Gasteiger partial charge in [0.2, 0.25) is 0 Å². The summed E-state index contributed by atoms with van der Waals surface area (Å²) in [5.41, 5.74) is 1.19. The van der Waals surface area contributed by atoms with Crippen LogP contribution < -0.4 is 10.1 Å². The second-order valence-electron chi connectivity index (χ2n) is 5.57. The van der Waals surface area contributed by atoms with Gasteiger partial charge in [0.15, 0.2) is 0 Å². The number of halogens is 1. The molecule has 1 fully saturated rings. The summed E-state index contributed by atoms with van der Waals surface area (Å²) in [4.78, 5) is 2.50. The lowest BCUT2D eigenvalue weighted by molar-refractivity contribution is 0.171. The predicted octanol–water partition coefficient (Wildman–Crippen LogP) is 3.17. The van der Waals surface area contributed by atoms with E-state index in [9.17, 15) is 0 Å². The highest BCUT2D eigenvalue weighted by Gasteiger charge is 2.19. The third-order valence-corrected chi connectivity index (χ3v) is 4.38. The van der Waals surface area contributed by atoms with Crippen molar-refractivity contribution in [1.82, 2.24) is 10.2 Å². The van der Waals surface area contributed by atoms with E-state index in [4.69, 9.17) is 16.3 Å². The van der Waals surface area contributed by atoms with Crippen LogP contribution in [0.25, 0.3) is 0 Å². The quantitative estimate of drug-likeness (QED) is 0.873. The minimum atomic E-state index is 0.782.